The van der Waals surface area contributed by atoms with Gasteiger partial charge < -0.3 is 15.7 Å². The van der Waals surface area contributed by atoms with Crippen LogP contribution in [0.1, 0.15) is 54.9 Å². The van der Waals surface area contributed by atoms with Crippen LogP contribution in [-0.4, -0.2) is 22.6 Å². The third-order valence-electron chi connectivity index (χ3n) is 4.00. The maximum absolute atomic E-state index is 12.0. The van der Waals surface area contributed by atoms with Gasteiger partial charge in [-0.05, 0) is 37.5 Å². The molecule has 0 radical (unpaired) electrons. The molecule has 0 atom stereocenters. The molecule has 1 aromatic carbocycles. The third-order valence-corrected chi connectivity index (χ3v) is 4.00. The number of carbonyl (C=O) groups excluding carboxylic acids is 1. The van der Waals surface area contributed by atoms with Crippen molar-refractivity contribution in [2.75, 3.05) is 0 Å². The van der Waals surface area contributed by atoms with Crippen molar-refractivity contribution in [2.45, 2.75) is 51.1 Å². The summed E-state index contributed by atoms with van der Waals surface area (Å²) in [5.74, 6) is -0.962. The van der Waals surface area contributed by atoms with Gasteiger partial charge in [0.05, 0.1) is 5.56 Å². The average Bonchev–Trinajstić information content (AvgIpc) is 2.46. The zero-order valence-corrected chi connectivity index (χ0v) is 12.3. The topological polar surface area (TPSA) is 78.4 Å². The van der Waals surface area contributed by atoms with Crippen LogP contribution in [0.2, 0.25) is 0 Å². The lowest BCUT2D eigenvalue weighted by atomic mass is 9.83. The highest BCUT2D eigenvalue weighted by Gasteiger charge is 2.28. The van der Waals surface area contributed by atoms with E-state index in [2.05, 4.69) is 17.6 Å². The van der Waals surface area contributed by atoms with E-state index in [0.717, 1.165) is 31.2 Å². The van der Waals surface area contributed by atoms with Crippen LogP contribution >= 0.6 is 0 Å². The fourth-order valence-electron chi connectivity index (χ4n) is 2.77. The molecule has 1 saturated carbocycles. The summed E-state index contributed by atoms with van der Waals surface area (Å²) in [7, 11) is 0. The Morgan fingerprint density at radius 1 is 1.24 bits per heavy atom. The molecule has 5 nitrogen and oxygen atoms in total. The number of aromatic carboxylic acids is 1. The Balaban J connectivity index is 1.86. The minimum atomic E-state index is -0.962. The highest BCUT2D eigenvalue weighted by molar-refractivity contribution is 5.87. The number of carboxylic acid groups (broad SMARTS) is 1. The Hall–Kier alpha value is -2.04. The molecule has 0 aliphatic heterocycles. The molecule has 114 valence electrons. The van der Waals surface area contributed by atoms with Crippen molar-refractivity contribution < 1.29 is 14.7 Å². The van der Waals surface area contributed by atoms with E-state index in [4.69, 9.17) is 5.11 Å². The van der Waals surface area contributed by atoms with Crippen molar-refractivity contribution in [3.8, 4) is 0 Å². The molecule has 0 heterocycles. The lowest BCUT2D eigenvalue weighted by Crippen LogP contribution is -2.50. The quantitative estimate of drug-likeness (QED) is 0.797. The molecule has 2 amide bonds. The molecule has 21 heavy (non-hydrogen) atoms. The van der Waals surface area contributed by atoms with Crippen LogP contribution in [0.4, 0.5) is 4.79 Å². The SMILES string of the molecule is CC1(NC(=O)NCc2cccc(C(=O)O)c2)CCCCC1. The van der Waals surface area contributed by atoms with Gasteiger partial charge in [0, 0.05) is 12.1 Å². The summed E-state index contributed by atoms with van der Waals surface area (Å²) < 4.78 is 0. The number of hydrogen-bond donors (Lipinski definition) is 3. The number of carbonyl (C=O) groups is 2. The number of urea groups is 1. The Kier molecular flexibility index (Phi) is 4.83. The lowest BCUT2D eigenvalue weighted by molar-refractivity contribution is 0.0696. The summed E-state index contributed by atoms with van der Waals surface area (Å²) in [5, 5.41) is 14.8. The molecule has 5 heteroatoms. The average molecular weight is 290 g/mol. The van der Waals surface area contributed by atoms with E-state index in [-0.39, 0.29) is 17.1 Å². The van der Waals surface area contributed by atoms with Gasteiger partial charge in [-0.2, -0.15) is 0 Å². The second-order valence-electron chi connectivity index (χ2n) is 5.93. The number of benzene rings is 1. The summed E-state index contributed by atoms with van der Waals surface area (Å²) in [6, 6.07) is 6.40. The molecule has 0 spiro atoms. The summed E-state index contributed by atoms with van der Waals surface area (Å²) in [4.78, 5) is 22.9. The standard InChI is InChI=1S/C16H22N2O3/c1-16(8-3-2-4-9-16)18-15(21)17-11-12-6-5-7-13(10-12)14(19)20/h5-7,10H,2-4,8-9,11H2,1H3,(H,19,20)(H2,17,18,21). The minimum absolute atomic E-state index is 0.120. The summed E-state index contributed by atoms with van der Waals surface area (Å²) in [5.41, 5.74) is 0.887. The number of hydrogen-bond acceptors (Lipinski definition) is 2. The van der Waals surface area contributed by atoms with Crippen molar-refractivity contribution in [2.24, 2.45) is 0 Å². The van der Waals surface area contributed by atoms with Gasteiger partial charge in [0.15, 0.2) is 0 Å². The number of carboxylic acids is 1. The third kappa shape index (κ3) is 4.48. The van der Waals surface area contributed by atoms with Crippen molar-refractivity contribution in [3.05, 3.63) is 35.4 Å². The summed E-state index contributed by atoms with van der Waals surface area (Å²) in [6.07, 6.45) is 5.56. The number of rotatable bonds is 4. The van der Waals surface area contributed by atoms with Crippen LogP contribution in [-0.2, 0) is 6.54 Å². The monoisotopic (exact) mass is 290 g/mol. The highest BCUT2D eigenvalue weighted by Crippen LogP contribution is 2.27. The fraction of sp³-hybridized carbons (Fsp3) is 0.500. The van der Waals surface area contributed by atoms with Gasteiger partial charge in [-0.1, -0.05) is 31.4 Å². The van der Waals surface area contributed by atoms with Crippen molar-refractivity contribution in [1.29, 1.82) is 0 Å². The molecule has 2 rings (SSSR count). The maximum atomic E-state index is 12.0. The zero-order chi connectivity index (χ0) is 15.3. The highest BCUT2D eigenvalue weighted by atomic mass is 16.4. The molecule has 1 fully saturated rings. The summed E-state index contributed by atoms with van der Waals surface area (Å²) in [6.45, 7) is 2.40. The second-order valence-corrected chi connectivity index (χ2v) is 5.93. The van der Waals surface area contributed by atoms with Crippen molar-refractivity contribution in [1.82, 2.24) is 10.6 Å². The van der Waals surface area contributed by atoms with Gasteiger partial charge in [0.2, 0.25) is 0 Å². The van der Waals surface area contributed by atoms with Gasteiger partial charge in [-0.15, -0.1) is 0 Å². The first-order valence-corrected chi connectivity index (χ1v) is 7.37. The first-order valence-electron chi connectivity index (χ1n) is 7.37. The van der Waals surface area contributed by atoms with E-state index in [1.807, 2.05) is 0 Å². The Morgan fingerprint density at radius 3 is 2.62 bits per heavy atom. The van der Waals surface area contributed by atoms with E-state index in [1.54, 1.807) is 18.2 Å². The Bertz CT molecular complexity index is 522. The van der Waals surface area contributed by atoms with Crippen LogP contribution in [0.25, 0.3) is 0 Å². The van der Waals surface area contributed by atoms with Crippen LogP contribution < -0.4 is 10.6 Å². The molecular formula is C16H22N2O3. The van der Waals surface area contributed by atoms with E-state index < -0.39 is 5.97 Å². The van der Waals surface area contributed by atoms with E-state index in [1.165, 1.54) is 12.5 Å². The van der Waals surface area contributed by atoms with E-state index in [0.29, 0.717) is 6.54 Å². The predicted octanol–water partition coefficient (Wildman–Crippen LogP) is 2.91. The van der Waals surface area contributed by atoms with E-state index >= 15 is 0 Å². The van der Waals surface area contributed by atoms with Crippen LogP contribution in [0.3, 0.4) is 0 Å². The van der Waals surface area contributed by atoms with Gasteiger partial charge in [0.1, 0.15) is 0 Å². The van der Waals surface area contributed by atoms with Gasteiger partial charge in [0.25, 0.3) is 0 Å². The first kappa shape index (κ1) is 15.4. The largest absolute Gasteiger partial charge is 0.478 e. The number of amides is 2. The molecular weight excluding hydrogens is 268 g/mol. The first-order chi connectivity index (χ1) is 9.98. The van der Waals surface area contributed by atoms with Gasteiger partial charge in [-0.3, -0.25) is 0 Å². The smallest absolute Gasteiger partial charge is 0.335 e. The maximum Gasteiger partial charge on any atom is 0.335 e. The second kappa shape index (κ2) is 6.61. The molecule has 0 unspecified atom stereocenters. The molecule has 0 aromatic heterocycles. The molecule has 1 aliphatic carbocycles. The zero-order valence-electron chi connectivity index (χ0n) is 12.3. The van der Waals surface area contributed by atoms with Crippen LogP contribution in [0, 0.1) is 0 Å². The Labute approximate surface area is 124 Å². The molecule has 1 aromatic rings. The minimum Gasteiger partial charge on any atom is -0.478 e. The molecule has 1 aliphatic rings. The fourth-order valence-corrected chi connectivity index (χ4v) is 2.77. The normalized spacial score (nSPS) is 17.0. The van der Waals surface area contributed by atoms with Crippen molar-refractivity contribution in [3.63, 3.8) is 0 Å². The molecule has 0 bridgehead atoms. The van der Waals surface area contributed by atoms with Gasteiger partial charge >= 0.3 is 12.0 Å². The lowest BCUT2D eigenvalue weighted by Gasteiger charge is -2.34. The summed E-state index contributed by atoms with van der Waals surface area (Å²) >= 11 is 0. The number of nitrogens with one attached hydrogen (secondary N) is 2. The van der Waals surface area contributed by atoms with E-state index in [9.17, 15) is 9.59 Å². The van der Waals surface area contributed by atoms with Gasteiger partial charge in [-0.25, -0.2) is 9.59 Å². The van der Waals surface area contributed by atoms with Crippen LogP contribution in [0.15, 0.2) is 24.3 Å². The predicted molar refractivity (Wildman–Crippen MR) is 80.3 cm³/mol. The van der Waals surface area contributed by atoms with Crippen molar-refractivity contribution >= 4 is 12.0 Å². The Morgan fingerprint density at radius 2 is 1.95 bits per heavy atom. The molecule has 3 N–H and O–H groups in total. The van der Waals surface area contributed by atoms with Crippen LogP contribution in [0.5, 0.6) is 0 Å². The molecule has 0 saturated heterocycles.